The first-order chi connectivity index (χ1) is 8.58. The van der Waals surface area contributed by atoms with Crippen LogP contribution in [0.2, 0.25) is 0 Å². The van der Waals surface area contributed by atoms with Crippen LogP contribution < -0.4 is 0 Å². The quantitative estimate of drug-likeness (QED) is 0.712. The number of aryl methyl sites for hydroxylation is 3. The van der Waals surface area contributed by atoms with Crippen molar-refractivity contribution in [1.29, 1.82) is 0 Å². The van der Waals surface area contributed by atoms with E-state index in [1.165, 1.54) is 16.7 Å². The van der Waals surface area contributed by atoms with Crippen molar-refractivity contribution in [1.82, 2.24) is 9.97 Å². The molecular weight excluding hydrogens is 347 g/mol. The Bertz CT molecular complexity index is 504. The SMILES string of the molecule is Cc1cnc(-c2cc(C)c(C)c(C)c2)nc1.PP.[Y]. The second-order valence-corrected chi connectivity index (χ2v) is 4.32. The van der Waals surface area contributed by atoms with Crippen molar-refractivity contribution in [3.8, 4) is 11.4 Å². The average Bonchev–Trinajstić information content (AvgIpc) is 2.38. The van der Waals surface area contributed by atoms with Crippen LogP contribution in [0.25, 0.3) is 11.4 Å². The van der Waals surface area contributed by atoms with Gasteiger partial charge < -0.3 is 0 Å². The summed E-state index contributed by atoms with van der Waals surface area (Å²) < 4.78 is 0. The molecule has 0 bridgehead atoms. The van der Waals surface area contributed by atoms with Crippen LogP contribution in [0.5, 0.6) is 0 Å². The van der Waals surface area contributed by atoms with Crippen LogP contribution in [-0.2, 0) is 32.7 Å². The van der Waals surface area contributed by atoms with Gasteiger partial charge in [0.1, 0.15) is 0 Å². The molecule has 2 unspecified atom stereocenters. The Kier molecular flexibility index (Phi) is 9.37. The fourth-order valence-corrected chi connectivity index (χ4v) is 1.71. The fourth-order valence-electron chi connectivity index (χ4n) is 1.71. The summed E-state index contributed by atoms with van der Waals surface area (Å²) in [5.41, 5.74) is 6.11. The van der Waals surface area contributed by atoms with Gasteiger partial charge in [-0.3, -0.25) is 0 Å². The van der Waals surface area contributed by atoms with E-state index in [1.54, 1.807) is 0 Å². The molecule has 0 aliphatic rings. The van der Waals surface area contributed by atoms with Crippen molar-refractivity contribution < 1.29 is 32.7 Å². The maximum absolute atomic E-state index is 4.35. The van der Waals surface area contributed by atoms with Gasteiger partial charge in [-0.25, -0.2) is 9.97 Å². The van der Waals surface area contributed by atoms with Crippen LogP contribution in [0.4, 0.5) is 0 Å². The molecule has 99 valence electrons. The van der Waals surface area contributed by atoms with Crippen molar-refractivity contribution in [2.75, 3.05) is 0 Å². The van der Waals surface area contributed by atoms with E-state index in [2.05, 4.69) is 60.7 Å². The molecule has 0 N–H and O–H groups in total. The summed E-state index contributed by atoms with van der Waals surface area (Å²) in [7, 11) is 4.67. The number of aromatic nitrogens is 2. The van der Waals surface area contributed by atoms with Gasteiger partial charge >= 0.3 is 0 Å². The summed E-state index contributed by atoms with van der Waals surface area (Å²) in [6, 6.07) is 4.29. The van der Waals surface area contributed by atoms with Gasteiger partial charge in [0.25, 0.3) is 0 Å². The van der Waals surface area contributed by atoms with E-state index in [9.17, 15) is 0 Å². The Balaban J connectivity index is 0.00000103. The third kappa shape index (κ3) is 5.27. The molecular formula is C14H20N2P2Y. The molecule has 0 spiro atoms. The molecule has 0 aliphatic heterocycles. The van der Waals surface area contributed by atoms with Gasteiger partial charge in [-0.05, 0) is 62.1 Å². The van der Waals surface area contributed by atoms with E-state index in [-0.39, 0.29) is 32.7 Å². The van der Waals surface area contributed by atoms with E-state index in [1.807, 2.05) is 19.3 Å². The van der Waals surface area contributed by atoms with E-state index >= 15 is 0 Å². The Morgan fingerprint density at radius 2 is 1.26 bits per heavy atom. The predicted octanol–water partition coefficient (Wildman–Crippen LogP) is 4.03. The number of hydrogen-bond donors (Lipinski definition) is 0. The van der Waals surface area contributed by atoms with E-state index < -0.39 is 0 Å². The monoisotopic (exact) mass is 367 g/mol. The smallest absolute Gasteiger partial charge is 0.159 e. The van der Waals surface area contributed by atoms with Crippen LogP contribution in [0.15, 0.2) is 24.5 Å². The van der Waals surface area contributed by atoms with Gasteiger partial charge in [-0.1, -0.05) is 0 Å². The molecule has 2 atom stereocenters. The molecule has 1 aromatic heterocycles. The molecule has 2 aromatic rings. The Labute approximate surface area is 145 Å². The van der Waals surface area contributed by atoms with Crippen molar-refractivity contribution in [2.24, 2.45) is 0 Å². The second kappa shape index (κ2) is 9.25. The molecule has 0 saturated heterocycles. The normalized spacial score (nSPS) is 9.16. The van der Waals surface area contributed by atoms with Crippen LogP contribution in [0.1, 0.15) is 22.3 Å². The number of benzene rings is 1. The molecule has 1 aromatic carbocycles. The summed E-state index contributed by atoms with van der Waals surface area (Å²) in [5, 5.41) is 0. The minimum absolute atomic E-state index is 0. The zero-order valence-electron chi connectivity index (χ0n) is 11.9. The van der Waals surface area contributed by atoms with Gasteiger partial charge in [0.05, 0.1) is 0 Å². The van der Waals surface area contributed by atoms with Crippen LogP contribution >= 0.6 is 17.9 Å². The molecule has 19 heavy (non-hydrogen) atoms. The summed E-state index contributed by atoms with van der Waals surface area (Å²) in [6.45, 7) is 8.39. The third-order valence-electron chi connectivity index (χ3n) is 2.97. The van der Waals surface area contributed by atoms with Gasteiger partial charge in [0.2, 0.25) is 0 Å². The minimum atomic E-state index is 0. The molecule has 0 saturated carbocycles. The first-order valence-corrected chi connectivity index (χ1v) is 8.45. The third-order valence-corrected chi connectivity index (χ3v) is 2.97. The molecule has 0 amide bonds. The summed E-state index contributed by atoms with van der Waals surface area (Å²) in [6.07, 6.45) is 3.71. The van der Waals surface area contributed by atoms with Gasteiger partial charge in [-0.2, -0.15) is 0 Å². The zero-order chi connectivity index (χ0) is 13.7. The zero-order valence-corrected chi connectivity index (χ0v) is 17.1. The predicted molar refractivity (Wildman–Crippen MR) is 85.8 cm³/mol. The maximum Gasteiger partial charge on any atom is 0.159 e. The molecule has 2 rings (SSSR count). The molecule has 1 heterocycles. The van der Waals surface area contributed by atoms with E-state index in [0.717, 1.165) is 17.0 Å². The number of rotatable bonds is 1. The summed E-state index contributed by atoms with van der Waals surface area (Å²) >= 11 is 0. The summed E-state index contributed by atoms with van der Waals surface area (Å²) in [5.74, 6) is 0.803. The maximum atomic E-state index is 4.35. The van der Waals surface area contributed by atoms with Crippen molar-refractivity contribution in [3.63, 3.8) is 0 Å². The van der Waals surface area contributed by atoms with Crippen molar-refractivity contribution >= 4 is 17.9 Å². The summed E-state index contributed by atoms with van der Waals surface area (Å²) in [4.78, 5) is 8.70. The van der Waals surface area contributed by atoms with Crippen LogP contribution in [-0.4, -0.2) is 9.97 Å². The van der Waals surface area contributed by atoms with Gasteiger partial charge in [0.15, 0.2) is 5.82 Å². The topological polar surface area (TPSA) is 25.8 Å². The van der Waals surface area contributed by atoms with Crippen LogP contribution in [0, 0.1) is 27.7 Å². The standard InChI is InChI=1S/C14H16N2.H4P2.Y/c1-9-7-15-14(16-8-9)13-5-10(2)12(4)11(3)6-13;1-2;/h5-8H,1-4H3;1-2H2;. The minimum Gasteiger partial charge on any atom is -0.236 e. The van der Waals surface area contributed by atoms with Gasteiger partial charge in [0, 0.05) is 50.7 Å². The van der Waals surface area contributed by atoms with Crippen molar-refractivity contribution in [2.45, 2.75) is 27.7 Å². The first-order valence-electron chi connectivity index (χ1n) is 5.78. The Hall–Kier alpha value is 0.264. The van der Waals surface area contributed by atoms with Gasteiger partial charge in [-0.15, -0.1) is 17.9 Å². The fraction of sp³-hybridized carbons (Fsp3) is 0.286. The van der Waals surface area contributed by atoms with E-state index in [4.69, 9.17) is 0 Å². The average molecular weight is 367 g/mol. The molecule has 1 radical (unpaired) electrons. The van der Waals surface area contributed by atoms with Crippen LogP contribution in [0.3, 0.4) is 0 Å². The van der Waals surface area contributed by atoms with Crippen molar-refractivity contribution in [3.05, 3.63) is 46.8 Å². The Morgan fingerprint density at radius 1 is 0.842 bits per heavy atom. The number of nitrogens with zero attached hydrogens (tertiary/aromatic N) is 2. The molecule has 5 heteroatoms. The molecule has 2 nitrogen and oxygen atoms in total. The molecule has 0 aliphatic carbocycles. The Morgan fingerprint density at radius 3 is 1.68 bits per heavy atom. The second-order valence-electron chi connectivity index (χ2n) is 4.32. The molecule has 0 fully saturated rings. The number of hydrogen-bond acceptors (Lipinski definition) is 2. The van der Waals surface area contributed by atoms with E-state index in [0.29, 0.717) is 0 Å². The first kappa shape index (κ1) is 19.3. The largest absolute Gasteiger partial charge is 0.236 e.